The number of aryl methyl sites for hydroxylation is 1. The number of benzene rings is 2. The maximum atomic E-state index is 10.8. The molecule has 182 valence electrons. The third-order valence-corrected chi connectivity index (χ3v) is 6.56. The minimum Gasteiger partial charge on any atom is -0.487 e. The average molecular weight is 470 g/mol. The molecule has 2 saturated heterocycles. The third kappa shape index (κ3) is 5.10. The van der Waals surface area contributed by atoms with E-state index in [2.05, 4.69) is 25.1 Å². The second-order valence-electron chi connectivity index (χ2n) is 8.86. The molecule has 2 aromatic rings. The Bertz CT molecular complexity index is 1010. The molecule has 0 saturated carbocycles. The van der Waals surface area contributed by atoms with E-state index in [1.807, 2.05) is 12.1 Å². The topological polar surface area (TPSA) is 132 Å². The summed E-state index contributed by atoms with van der Waals surface area (Å²) >= 11 is 0. The zero-order chi connectivity index (χ0) is 24.2. The van der Waals surface area contributed by atoms with Crippen molar-refractivity contribution in [3.05, 3.63) is 64.2 Å². The SMILES string of the molecule is CCc1ccc(Cc2cc([C@@H]3OC(CO)[C@@H](O)[C@H](O)[C@H]3O)c(O[C@H]3CCOC3)cc2C#N)cc1. The zero-order valence-corrected chi connectivity index (χ0v) is 19.1. The molecule has 6 atom stereocenters. The molecule has 8 heteroatoms. The van der Waals surface area contributed by atoms with Gasteiger partial charge in [0.25, 0.3) is 0 Å². The molecule has 0 aliphatic carbocycles. The summed E-state index contributed by atoms with van der Waals surface area (Å²) in [5.74, 6) is 0.349. The molecule has 34 heavy (non-hydrogen) atoms. The molecule has 4 N–H and O–H groups in total. The summed E-state index contributed by atoms with van der Waals surface area (Å²) in [4.78, 5) is 0. The van der Waals surface area contributed by atoms with E-state index < -0.39 is 37.1 Å². The van der Waals surface area contributed by atoms with Crippen molar-refractivity contribution in [2.45, 2.75) is 62.8 Å². The van der Waals surface area contributed by atoms with Gasteiger partial charge < -0.3 is 34.6 Å². The van der Waals surface area contributed by atoms with E-state index in [1.165, 1.54) is 5.56 Å². The van der Waals surface area contributed by atoms with Crippen molar-refractivity contribution >= 4 is 0 Å². The molecule has 2 aliphatic rings. The van der Waals surface area contributed by atoms with Crippen molar-refractivity contribution in [2.75, 3.05) is 19.8 Å². The van der Waals surface area contributed by atoms with Crippen molar-refractivity contribution in [2.24, 2.45) is 0 Å². The molecule has 4 rings (SSSR count). The van der Waals surface area contributed by atoms with E-state index in [1.54, 1.807) is 12.1 Å². The molecule has 0 amide bonds. The quantitative estimate of drug-likeness (QED) is 0.478. The van der Waals surface area contributed by atoms with Crippen LogP contribution in [0.15, 0.2) is 36.4 Å². The summed E-state index contributed by atoms with van der Waals surface area (Å²) in [5.41, 5.74) is 3.83. The Morgan fingerprint density at radius 2 is 1.79 bits per heavy atom. The summed E-state index contributed by atoms with van der Waals surface area (Å²) in [6.45, 7) is 2.53. The highest BCUT2D eigenvalue weighted by Gasteiger charge is 2.45. The van der Waals surface area contributed by atoms with Gasteiger partial charge in [0.15, 0.2) is 0 Å². The molecule has 0 bridgehead atoms. The highest BCUT2D eigenvalue weighted by molar-refractivity contribution is 5.51. The van der Waals surface area contributed by atoms with Crippen LogP contribution in [0, 0.1) is 11.3 Å². The lowest BCUT2D eigenvalue weighted by molar-refractivity contribution is -0.232. The van der Waals surface area contributed by atoms with E-state index in [4.69, 9.17) is 14.2 Å². The summed E-state index contributed by atoms with van der Waals surface area (Å²) in [6, 6.07) is 13.8. The smallest absolute Gasteiger partial charge is 0.127 e. The van der Waals surface area contributed by atoms with E-state index in [9.17, 15) is 25.7 Å². The Balaban J connectivity index is 1.74. The molecular weight excluding hydrogens is 438 g/mol. The number of nitrogens with zero attached hydrogens (tertiary/aromatic N) is 1. The molecule has 0 radical (unpaired) electrons. The molecule has 0 spiro atoms. The van der Waals surface area contributed by atoms with Crippen molar-refractivity contribution in [1.29, 1.82) is 5.26 Å². The minimum atomic E-state index is -1.51. The monoisotopic (exact) mass is 469 g/mol. The number of hydrogen-bond acceptors (Lipinski definition) is 8. The predicted molar refractivity (Wildman–Crippen MR) is 122 cm³/mol. The first-order valence-corrected chi connectivity index (χ1v) is 11.6. The fourth-order valence-corrected chi connectivity index (χ4v) is 4.48. The zero-order valence-electron chi connectivity index (χ0n) is 19.1. The highest BCUT2D eigenvalue weighted by atomic mass is 16.6. The van der Waals surface area contributed by atoms with Gasteiger partial charge in [-0.1, -0.05) is 31.2 Å². The van der Waals surface area contributed by atoms with Gasteiger partial charge in [0.2, 0.25) is 0 Å². The maximum absolute atomic E-state index is 10.8. The first kappa shape index (κ1) is 24.6. The minimum absolute atomic E-state index is 0.220. The van der Waals surface area contributed by atoms with Crippen molar-refractivity contribution < 1.29 is 34.6 Å². The molecule has 2 heterocycles. The van der Waals surface area contributed by atoms with Gasteiger partial charge in [0.05, 0.1) is 31.5 Å². The Morgan fingerprint density at radius 3 is 2.41 bits per heavy atom. The normalized spacial score (nSPS) is 29.1. The lowest BCUT2D eigenvalue weighted by Crippen LogP contribution is -2.55. The van der Waals surface area contributed by atoms with Crippen LogP contribution in [-0.2, 0) is 22.3 Å². The van der Waals surface area contributed by atoms with Gasteiger partial charge in [-0.05, 0) is 41.7 Å². The summed E-state index contributed by atoms with van der Waals surface area (Å²) in [7, 11) is 0. The van der Waals surface area contributed by atoms with Crippen LogP contribution in [0.1, 0.15) is 47.3 Å². The average Bonchev–Trinajstić information content (AvgIpc) is 3.37. The lowest BCUT2D eigenvalue weighted by Gasteiger charge is -2.40. The molecule has 2 fully saturated rings. The van der Waals surface area contributed by atoms with Crippen LogP contribution < -0.4 is 4.74 Å². The molecule has 0 aromatic heterocycles. The van der Waals surface area contributed by atoms with Gasteiger partial charge in [0, 0.05) is 12.0 Å². The van der Waals surface area contributed by atoms with Crippen LogP contribution in [0.2, 0.25) is 0 Å². The Morgan fingerprint density at radius 1 is 1.06 bits per heavy atom. The van der Waals surface area contributed by atoms with E-state index in [0.717, 1.165) is 12.0 Å². The largest absolute Gasteiger partial charge is 0.487 e. The number of aliphatic hydroxyl groups excluding tert-OH is 4. The molecule has 1 unspecified atom stereocenters. The van der Waals surface area contributed by atoms with Crippen LogP contribution in [0.5, 0.6) is 5.75 Å². The van der Waals surface area contributed by atoms with Crippen LogP contribution >= 0.6 is 0 Å². The number of hydrogen-bond donors (Lipinski definition) is 4. The third-order valence-electron chi connectivity index (χ3n) is 6.56. The van der Waals surface area contributed by atoms with Crippen molar-refractivity contribution in [3.63, 3.8) is 0 Å². The fraction of sp³-hybridized carbons (Fsp3) is 0.500. The van der Waals surface area contributed by atoms with Gasteiger partial charge in [-0.25, -0.2) is 0 Å². The number of ether oxygens (including phenoxy) is 3. The Labute approximate surface area is 198 Å². The highest BCUT2D eigenvalue weighted by Crippen LogP contribution is 2.39. The second-order valence-corrected chi connectivity index (χ2v) is 8.86. The molecule has 2 aliphatic heterocycles. The van der Waals surface area contributed by atoms with E-state index in [-0.39, 0.29) is 6.10 Å². The summed E-state index contributed by atoms with van der Waals surface area (Å²) < 4.78 is 17.4. The van der Waals surface area contributed by atoms with Crippen molar-refractivity contribution in [3.8, 4) is 11.8 Å². The second kappa shape index (κ2) is 10.8. The fourth-order valence-electron chi connectivity index (χ4n) is 4.48. The maximum Gasteiger partial charge on any atom is 0.127 e. The van der Waals surface area contributed by atoms with Gasteiger partial charge in [-0.15, -0.1) is 0 Å². The Hall–Kier alpha value is -2.51. The van der Waals surface area contributed by atoms with E-state index >= 15 is 0 Å². The lowest BCUT2D eigenvalue weighted by atomic mass is 9.88. The van der Waals surface area contributed by atoms with Crippen LogP contribution in [0.25, 0.3) is 0 Å². The van der Waals surface area contributed by atoms with Gasteiger partial charge in [-0.3, -0.25) is 0 Å². The Kier molecular flexibility index (Phi) is 7.84. The van der Waals surface area contributed by atoms with E-state index in [0.29, 0.717) is 48.5 Å². The van der Waals surface area contributed by atoms with Crippen LogP contribution in [0.3, 0.4) is 0 Å². The predicted octanol–water partition coefficient (Wildman–Crippen LogP) is 1.39. The van der Waals surface area contributed by atoms with Crippen LogP contribution in [0.4, 0.5) is 0 Å². The number of rotatable bonds is 7. The first-order valence-electron chi connectivity index (χ1n) is 11.6. The standard InChI is InChI=1S/C26H31NO7/c1-2-15-3-5-16(6-4-15)9-17-10-20(26-25(31)24(30)23(29)22(13-28)34-26)21(11-18(17)12-27)33-19-7-8-32-14-19/h3-6,10-11,19,22-26,28-31H,2,7-9,13-14H2,1H3/t19-,22?,23+,24-,25+,26-/m0/s1. The van der Waals surface area contributed by atoms with Gasteiger partial charge in [0.1, 0.15) is 42.4 Å². The molecule has 8 nitrogen and oxygen atoms in total. The van der Waals surface area contributed by atoms with Crippen molar-refractivity contribution in [1.82, 2.24) is 0 Å². The van der Waals surface area contributed by atoms with Crippen LogP contribution in [-0.4, -0.2) is 70.8 Å². The first-order chi connectivity index (χ1) is 16.4. The number of nitriles is 1. The number of aliphatic hydroxyl groups is 4. The molecule has 2 aromatic carbocycles. The van der Waals surface area contributed by atoms with Gasteiger partial charge in [-0.2, -0.15) is 5.26 Å². The molecular formula is C26H31NO7. The summed E-state index contributed by atoms with van der Waals surface area (Å²) in [5, 5.41) is 50.8. The summed E-state index contributed by atoms with van der Waals surface area (Å²) in [6.07, 6.45) is -4.67. The van der Waals surface area contributed by atoms with Gasteiger partial charge >= 0.3 is 0 Å².